The smallest absolute Gasteiger partial charge is 0.335 e. The maximum absolute atomic E-state index is 13.0. The number of anilines is 6. The molecule has 12 aromatic rings. The number of benzene rings is 6. The van der Waals surface area contributed by atoms with E-state index in [9.17, 15) is 14.7 Å². The lowest BCUT2D eigenvalue weighted by atomic mass is 10.1. The molecule has 0 saturated carbocycles. The van der Waals surface area contributed by atoms with Gasteiger partial charge in [0.05, 0.1) is 68.5 Å². The lowest BCUT2D eigenvalue weighted by molar-refractivity contribution is 0.0696. The molecular weight excluding hydrogens is 1020 g/mol. The molecule has 0 atom stereocenters. The number of carbonyl (C=O) groups excluding carboxylic acids is 1. The number of H-pyrrole nitrogens is 2. The van der Waals surface area contributed by atoms with Gasteiger partial charge in [0.2, 0.25) is 0 Å². The largest absolute Gasteiger partial charge is 0.493 e. The number of carboxylic acids is 1. The van der Waals surface area contributed by atoms with Crippen molar-refractivity contribution in [1.82, 2.24) is 50.3 Å². The van der Waals surface area contributed by atoms with Gasteiger partial charge in [0, 0.05) is 62.3 Å². The molecule has 1 amide bonds. The zero-order chi connectivity index (χ0) is 53.4. The molecule has 0 spiro atoms. The number of carbonyl (C=O) groups is 2. The normalized spacial score (nSPS) is 10.8. The number of methoxy groups -OCH3 is 4. The molecule has 0 aliphatic heterocycles. The summed E-state index contributed by atoms with van der Waals surface area (Å²) in [6.45, 7) is 0. The maximum atomic E-state index is 13.0. The lowest BCUT2D eigenvalue weighted by Gasteiger charge is -2.12. The maximum Gasteiger partial charge on any atom is 0.335 e. The average Bonchev–Trinajstić information content (AvgIpc) is 4.32. The lowest BCUT2D eigenvalue weighted by Crippen LogP contribution is -2.12. The van der Waals surface area contributed by atoms with E-state index in [1.807, 2.05) is 72.8 Å². The van der Waals surface area contributed by atoms with Crippen molar-refractivity contribution in [2.75, 3.05) is 50.1 Å². The molecule has 12 rings (SSSR count). The number of thiazole rings is 2. The quantitative estimate of drug-likeness (QED) is 0.0528. The van der Waals surface area contributed by atoms with E-state index in [1.165, 1.54) is 28.7 Å². The first-order valence-electron chi connectivity index (χ1n) is 23.1. The fourth-order valence-electron chi connectivity index (χ4n) is 7.82. The molecule has 6 aromatic carbocycles. The third-order valence-corrected chi connectivity index (χ3v) is 13.0. The highest BCUT2D eigenvalue weighted by Gasteiger charge is 2.18. The van der Waals surface area contributed by atoms with Crippen LogP contribution >= 0.6 is 22.7 Å². The predicted octanol–water partition coefficient (Wildman–Crippen LogP) is 11.0. The Morgan fingerprint density at radius 1 is 0.545 bits per heavy atom. The third kappa shape index (κ3) is 11.3. The fourth-order valence-corrected chi connectivity index (χ4v) is 9.14. The van der Waals surface area contributed by atoms with E-state index >= 15 is 0 Å². The molecule has 0 aliphatic rings. The predicted molar refractivity (Wildman–Crippen MR) is 298 cm³/mol. The number of aromatic nitrogens is 10. The van der Waals surface area contributed by atoms with Crippen molar-refractivity contribution in [3.8, 4) is 45.8 Å². The van der Waals surface area contributed by atoms with Gasteiger partial charge < -0.3 is 45.7 Å². The summed E-state index contributed by atoms with van der Waals surface area (Å²) in [6, 6.07) is 35.9. The van der Waals surface area contributed by atoms with Crippen molar-refractivity contribution in [2.24, 2.45) is 0 Å². The summed E-state index contributed by atoms with van der Waals surface area (Å²) >= 11 is 2.80. The van der Waals surface area contributed by atoms with E-state index in [0.29, 0.717) is 84.5 Å². The minimum atomic E-state index is -1.01. The van der Waals surface area contributed by atoms with Crippen LogP contribution in [0, 0.1) is 0 Å². The van der Waals surface area contributed by atoms with Gasteiger partial charge in [0.1, 0.15) is 20.7 Å². The number of carboxylic acid groups (broad SMARTS) is 1. The van der Waals surface area contributed by atoms with Crippen LogP contribution < -0.4 is 40.6 Å². The van der Waals surface area contributed by atoms with Crippen LogP contribution in [-0.2, 0) is 0 Å². The molecule has 23 heteroatoms. The van der Waals surface area contributed by atoms with E-state index in [2.05, 4.69) is 56.3 Å². The minimum absolute atomic E-state index is 0.171. The van der Waals surface area contributed by atoms with Gasteiger partial charge in [0.15, 0.2) is 46.3 Å². The molecular formula is C54H44N14O7S2. The topological polar surface area (TPSA) is 288 Å². The zero-order valence-corrected chi connectivity index (χ0v) is 42.9. The summed E-state index contributed by atoms with van der Waals surface area (Å²) in [5, 5.41) is 34.4. The van der Waals surface area contributed by atoms with Gasteiger partial charge in [-0.15, -0.1) is 22.7 Å². The Bertz CT molecular complexity index is 4100. The number of rotatable bonds is 13. The molecule has 0 bridgehead atoms. The van der Waals surface area contributed by atoms with Gasteiger partial charge in [-0.05, 0) is 84.9 Å². The summed E-state index contributed by atoms with van der Waals surface area (Å²) in [5.41, 5.74) is 16.9. The highest BCUT2D eigenvalue weighted by molar-refractivity contribution is 7.16. The van der Waals surface area contributed by atoms with Crippen LogP contribution in [-0.4, -0.2) is 95.7 Å². The van der Waals surface area contributed by atoms with Crippen LogP contribution in [0.5, 0.6) is 23.0 Å². The minimum Gasteiger partial charge on any atom is -0.493 e. The number of fused-ring (bicyclic) bond motifs is 4. The van der Waals surface area contributed by atoms with Crippen molar-refractivity contribution in [3.05, 3.63) is 156 Å². The van der Waals surface area contributed by atoms with Crippen LogP contribution in [0.25, 0.3) is 65.3 Å². The summed E-state index contributed by atoms with van der Waals surface area (Å²) in [7, 11) is 6.32. The van der Waals surface area contributed by atoms with Gasteiger partial charge in [-0.1, -0.05) is 24.3 Å². The van der Waals surface area contributed by atoms with Crippen molar-refractivity contribution >= 4 is 111 Å². The molecule has 0 fully saturated rings. The number of nitrogens with one attached hydrogen (secondary N) is 5. The Hall–Kier alpha value is -10.3. The van der Waals surface area contributed by atoms with Gasteiger partial charge in [-0.2, -0.15) is 10.2 Å². The summed E-state index contributed by atoms with van der Waals surface area (Å²) in [5.74, 6) is 3.10. The van der Waals surface area contributed by atoms with E-state index < -0.39 is 5.97 Å². The average molecular weight is 1070 g/mol. The van der Waals surface area contributed by atoms with Crippen molar-refractivity contribution < 1.29 is 33.6 Å². The second-order valence-corrected chi connectivity index (χ2v) is 18.2. The van der Waals surface area contributed by atoms with Crippen LogP contribution in [0.15, 0.2) is 145 Å². The number of nitrogen functional groups attached to an aromatic ring is 1. The molecule has 8 N–H and O–H groups in total. The van der Waals surface area contributed by atoms with Crippen molar-refractivity contribution in [2.45, 2.75) is 0 Å². The second kappa shape index (κ2) is 22.5. The number of nitrogens with two attached hydrogens (primary N) is 1. The summed E-state index contributed by atoms with van der Waals surface area (Å²) in [6.07, 6.45) is 3.51. The van der Waals surface area contributed by atoms with Crippen molar-refractivity contribution in [3.63, 3.8) is 0 Å². The van der Waals surface area contributed by atoms with Crippen LogP contribution in [0.1, 0.15) is 20.7 Å². The molecule has 6 aromatic heterocycles. The highest BCUT2D eigenvalue weighted by atomic mass is 32.1. The Morgan fingerprint density at radius 3 is 1.57 bits per heavy atom. The van der Waals surface area contributed by atoms with Crippen LogP contribution in [0.2, 0.25) is 0 Å². The Morgan fingerprint density at radius 2 is 1.04 bits per heavy atom. The number of aromatic amines is 2. The SMILES string of the molecule is COc1ccc(Nc2nc(-c3cccc(C(=O)Nc4ccc5cn[nH]c5c4)c3)nc3scnc23)cc1OC.COc1ccc(Nc2nc(-c3cccc(C(=O)O)c3)nc3scnc23)cc1OC.Nc1ccc2cn[nH]c2c1. The number of hydrogen-bond acceptors (Lipinski definition) is 19. The molecule has 0 saturated heterocycles. The fraction of sp³-hybridized carbons (Fsp3) is 0.0741. The number of hydrogen-bond donors (Lipinski definition) is 7. The number of amides is 1. The van der Waals surface area contributed by atoms with E-state index in [4.69, 9.17) is 34.6 Å². The van der Waals surface area contributed by atoms with E-state index in [-0.39, 0.29) is 11.5 Å². The Labute approximate surface area is 445 Å². The van der Waals surface area contributed by atoms with Crippen LogP contribution in [0.4, 0.5) is 34.4 Å². The third-order valence-electron chi connectivity index (χ3n) is 11.6. The summed E-state index contributed by atoms with van der Waals surface area (Å²) in [4.78, 5) is 53.1. The second-order valence-electron chi connectivity index (χ2n) is 16.5. The monoisotopic (exact) mass is 1060 g/mol. The molecule has 384 valence electrons. The molecule has 0 unspecified atom stereocenters. The molecule has 77 heavy (non-hydrogen) atoms. The Balaban J connectivity index is 0.000000151. The van der Waals surface area contributed by atoms with E-state index in [1.54, 1.807) is 94.3 Å². The zero-order valence-electron chi connectivity index (χ0n) is 41.2. The number of nitrogens with zero attached hydrogens (tertiary/aromatic N) is 8. The van der Waals surface area contributed by atoms with Crippen LogP contribution in [0.3, 0.4) is 0 Å². The standard InChI is InChI=1S/C27H21N7O3S.C20H16N4O4S.C7H7N3/c1-36-21-9-8-19(12-22(21)37-2)30-25-23-27(38-14-28-23)33-24(32-25)15-4-3-5-16(10-15)26(35)31-18-7-6-17-13-29-34-20(17)11-18;1-27-14-7-6-13(9-15(14)28-2)22-18-16-19(29-10-21-16)24-17(23-18)11-4-3-5-12(8-11)20(25)26;8-6-2-1-5-4-9-10-7(5)3-6/h3-14H,1-2H3,(H,29,34)(H,31,35)(H,30,32,33);3-10H,1-2H3,(H,25,26)(H,22,23,24);1-4H,8H2,(H,9,10). The molecule has 21 nitrogen and oxygen atoms in total. The summed E-state index contributed by atoms with van der Waals surface area (Å²) < 4.78 is 21.4. The van der Waals surface area contributed by atoms with Crippen molar-refractivity contribution in [1.29, 1.82) is 0 Å². The molecule has 0 aliphatic carbocycles. The van der Waals surface area contributed by atoms with Gasteiger partial charge in [0.25, 0.3) is 5.91 Å². The van der Waals surface area contributed by atoms with Gasteiger partial charge >= 0.3 is 5.97 Å². The molecule has 6 heterocycles. The number of ether oxygens (including phenoxy) is 4. The van der Waals surface area contributed by atoms with Gasteiger partial charge in [-0.3, -0.25) is 15.0 Å². The van der Waals surface area contributed by atoms with E-state index in [0.717, 1.165) is 43.7 Å². The first kappa shape index (κ1) is 50.3. The first-order valence-corrected chi connectivity index (χ1v) is 24.9. The Kier molecular flexibility index (Phi) is 14.7. The number of aromatic carboxylic acids is 1. The molecule has 0 radical (unpaired) electrons. The van der Waals surface area contributed by atoms with Gasteiger partial charge in [-0.25, -0.2) is 34.7 Å². The highest BCUT2D eigenvalue weighted by Crippen LogP contribution is 2.36. The first-order chi connectivity index (χ1) is 37.6.